The lowest BCUT2D eigenvalue weighted by molar-refractivity contribution is -0.134. The first-order valence-electron chi connectivity index (χ1n) is 8.04. The van der Waals surface area contributed by atoms with E-state index in [0.717, 1.165) is 5.56 Å². The lowest BCUT2D eigenvalue weighted by Gasteiger charge is -2.33. The van der Waals surface area contributed by atoms with Gasteiger partial charge in [0.05, 0.1) is 13.2 Å². The molecule has 3 nitrogen and oxygen atoms in total. The van der Waals surface area contributed by atoms with Gasteiger partial charge in [0.2, 0.25) is 5.91 Å². The van der Waals surface area contributed by atoms with Gasteiger partial charge in [0.1, 0.15) is 11.9 Å². The summed E-state index contributed by atoms with van der Waals surface area (Å²) in [6.45, 7) is 3.09. The molecule has 1 amide bonds. The zero-order valence-corrected chi connectivity index (χ0v) is 13.6. The number of nitrogens with zero attached hydrogens (tertiary/aromatic N) is 1. The van der Waals surface area contributed by atoms with Gasteiger partial charge in [-0.05, 0) is 24.6 Å². The predicted molar refractivity (Wildman–Crippen MR) is 91.8 cm³/mol. The van der Waals surface area contributed by atoms with Crippen LogP contribution in [0.5, 0.6) is 0 Å². The van der Waals surface area contributed by atoms with Crippen LogP contribution in [-0.4, -0.2) is 30.5 Å². The van der Waals surface area contributed by atoms with Crippen molar-refractivity contribution in [3.63, 3.8) is 0 Å². The highest BCUT2D eigenvalue weighted by atomic mass is 19.1. The third kappa shape index (κ3) is 3.71. The maximum Gasteiger partial charge on any atom is 0.249 e. The standard InChI is InChI=1S/C20H20FNO2/c1-15(13-16-7-3-2-4-8-16)20(23)22-11-12-24-19(14-22)17-9-5-6-10-18(17)21/h2-10,13,19H,11-12,14H2,1H3/b15-13+. The smallest absolute Gasteiger partial charge is 0.249 e. The van der Waals surface area contributed by atoms with Crippen molar-refractivity contribution in [1.82, 2.24) is 4.90 Å². The average Bonchev–Trinajstić information content (AvgIpc) is 2.62. The van der Waals surface area contributed by atoms with Gasteiger partial charge in [-0.15, -0.1) is 0 Å². The monoisotopic (exact) mass is 325 g/mol. The molecule has 0 bridgehead atoms. The van der Waals surface area contributed by atoms with E-state index in [2.05, 4.69) is 0 Å². The summed E-state index contributed by atoms with van der Waals surface area (Å²) < 4.78 is 19.6. The molecule has 1 unspecified atom stereocenters. The lowest BCUT2D eigenvalue weighted by atomic mass is 10.1. The van der Waals surface area contributed by atoms with Crippen molar-refractivity contribution in [2.75, 3.05) is 19.7 Å². The molecule has 1 saturated heterocycles. The van der Waals surface area contributed by atoms with Crippen molar-refractivity contribution < 1.29 is 13.9 Å². The summed E-state index contributed by atoms with van der Waals surface area (Å²) in [5, 5.41) is 0. The van der Waals surface area contributed by atoms with Gasteiger partial charge in [0.25, 0.3) is 0 Å². The van der Waals surface area contributed by atoms with Crippen molar-refractivity contribution in [3.8, 4) is 0 Å². The Labute approximate surface area is 141 Å². The number of amides is 1. The molecule has 1 heterocycles. The predicted octanol–water partition coefficient (Wildman–Crippen LogP) is 3.83. The minimum atomic E-state index is -0.423. The lowest BCUT2D eigenvalue weighted by Crippen LogP contribution is -2.42. The van der Waals surface area contributed by atoms with Gasteiger partial charge in [-0.1, -0.05) is 48.5 Å². The fraction of sp³-hybridized carbons (Fsp3) is 0.250. The third-order valence-corrected chi connectivity index (χ3v) is 4.13. The van der Waals surface area contributed by atoms with E-state index in [1.807, 2.05) is 43.3 Å². The van der Waals surface area contributed by atoms with E-state index in [1.165, 1.54) is 6.07 Å². The quantitative estimate of drug-likeness (QED) is 0.803. The number of halogens is 1. The van der Waals surface area contributed by atoms with Crippen molar-refractivity contribution in [2.24, 2.45) is 0 Å². The number of hydrogen-bond acceptors (Lipinski definition) is 2. The summed E-state index contributed by atoms with van der Waals surface area (Å²) in [5.41, 5.74) is 2.15. The second kappa shape index (κ2) is 7.41. The van der Waals surface area contributed by atoms with Crippen LogP contribution in [0.4, 0.5) is 4.39 Å². The molecule has 3 rings (SSSR count). The topological polar surface area (TPSA) is 29.5 Å². The molecule has 4 heteroatoms. The third-order valence-electron chi connectivity index (χ3n) is 4.13. The van der Waals surface area contributed by atoms with Crippen LogP contribution in [0.25, 0.3) is 6.08 Å². The Morgan fingerprint density at radius 2 is 1.88 bits per heavy atom. The highest BCUT2D eigenvalue weighted by molar-refractivity contribution is 5.97. The molecule has 0 spiro atoms. The molecule has 1 aliphatic heterocycles. The molecule has 0 saturated carbocycles. The minimum absolute atomic E-state index is 0.0384. The fourth-order valence-electron chi connectivity index (χ4n) is 2.87. The molecule has 1 atom stereocenters. The Hall–Kier alpha value is -2.46. The highest BCUT2D eigenvalue weighted by Crippen LogP contribution is 2.25. The second-order valence-electron chi connectivity index (χ2n) is 5.87. The van der Waals surface area contributed by atoms with E-state index < -0.39 is 6.10 Å². The van der Waals surface area contributed by atoms with Crippen molar-refractivity contribution in [3.05, 3.63) is 77.1 Å². The van der Waals surface area contributed by atoms with E-state index in [0.29, 0.717) is 30.8 Å². The Kier molecular flexibility index (Phi) is 5.06. The van der Waals surface area contributed by atoms with Crippen molar-refractivity contribution in [2.45, 2.75) is 13.0 Å². The summed E-state index contributed by atoms with van der Waals surface area (Å²) in [7, 11) is 0. The van der Waals surface area contributed by atoms with E-state index in [1.54, 1.807) is 23.1 Å². The van der Waals surface area contributed by atoms with E-state index in [-0.39, 0.29) is 11.7 Å². The Balaban J connectivity index is 1.74. The summed E-state index contributed by atoms with van der Waals surface area (Å²) in [5.74, 6) is -0.336. The zero-order chi connectivity index (χ0) is 16.9. The molecule has 124 valence electrons. The number of carbonyl (C=O) groups is 1. The molecule has 1 aliphatic rings. The highest BCUT2D eigenvalue weighted by Gasteiger charge is 2.27. The summed E-state index contributed by atoms with van der Waals surface area (Å²) in [4.78, 5) is 14.4. The van der Waals surface area contributed by atoms with Gasteiger partial charge in [0.15, 0.2) is 0 Å². The normalized spacial score (nSPS) is 18.5. The number of carbonyl (C=O) groups excluding carboxylic acids is 1. The maximum absolute atomic E-state index is 14.0. The van der Waals surface area contributed by atoms with Crippen LogP contribution in [0, 0.1) is 5.82 Å². The number of benzene rings is 2. The first kappa shape index (κ1) is 16.4. The largest absolute Gasteiger partial charge is 0.370 e. The molecule has 2 aromatic rings. The Bertz CT molecular complexity index is 742. The van der Waals surface area contributed by atoms with Gasteiger partial charge < -0.3 is 9.64 Å². The van der Waals surface area contributed by atoms with Gasteiger partial charge in [0, 0.05) is 17.7 Å². The maximum atomic E-state index is 14.0. The van der Waals surface area contributed by atoms with Crippen LogP contribution >= 0.6 is 0 Å². The Morgan fingerprint density at radius 3 is 2.62 bits per heavy atom. The van der Waals surface area contributed by atoms with Gasteiger partial charge in [-0.25, -0.2) is 4.39 Å². The van der Waals surface area contributed by atoms with Crippen LogP contribution in [-0.2, 0) is 9.53 Å². The van der Waals surface area contributed by atoms with Crippen LogP contribution in [0.2, 0.25) is 0 Å². The number of morpholine rings is 1. The zero-order valence-electron chi connectivity index (χ0n) is 13.6. The van der Waals surface area contributed by atoms with Crippen molar-refractivity contribution >= 4 is 12.0 Å². The molecule has 1 fully saturated rings. The first-order valence-corrected chi connectivity index (χ1v) is 8.04. The molecule has 0 aliphatic carbocycles. The number of rotatable bonds is 3. The minimum Gasteiger partial charge on any atom is -0.370 e. The van der Waals surface area contributed by atoms with E-state index in [4.69, 9.17) is 4.74 Å². The van der Waals surface area contributed by atoms with Gasteiger partial charge >= 0.3 is 0 Å². The summed E-state index contributed by atoms with van der Waals surface area (Å²) in [6, 6.07) is 16.3. The summed E-state index contributed by atoms with van der Waals surface area (Å²) in [6.07, 6.45) is 1.45. The van der Waals surface area contributed by atoms with E-state index >= 15 is 0 Å². The number of ether oxygens (including phenoxy) is 1. The van der Waals surface area contributed by atoms with Gasteiger partial charge in [-0.2, -0.15) is 0 Å². The molecule has 2 aromatic carbocycles. The second-order valence-corrected chi connectivity index (χ2v) is 5.87. The van der Waals surface area contributed by atoms with Crippen LogP contribution < -0.4 is 0 Å². The first-order chi connectivity index (χ1) is 11.6. The SMILES string of the molecule is C/C(=C\c1ccccc1)C(=O)N1CCOC(c2ccccc2F)C1. The summed E-state index contributed by atoms with van der Waals surface area (Å²) >= 11 is 0. The fourth-order valence-corrected chi connectivity index (χ4v) is 2.87. The molecule has 24 heavy (non-hydrogen) atoms. The van der Waals surface area contributed by atoms with Crippen LogP contribution in [0.15, 0.2) is 60.2 Å². The van der Waals surface area contributed by atoms with Crippen molar-refractivity contribution in [1.29, 1.82) is 0 Å². The molecular weight excluding hydrogens is 305 g/mol. The molecule has 0 radical (unpaired) electrons. The van der Waals surface area contributed by atoms with Crippen LogP contribution in [0.3, 0.4) is 0 Å². The molecule has 0 N–H and O–H groups in total. The average molecular weight is 325 g/mol. The number of hydrogen-bond donors (Lipinski definition) is 0. The van der Waals surface area contributed by atoms with E-state index in [9.17, 15) is 9.18 Å². The van der Waals surface area contributed by atoms with Crippen LogP contribution in [0.1, 0.15) is 24.2 Å². The van der Waals surface area contributed by atoms with Gasteiger partial charge in [-0.3, -0.25) is 4.79 Å². The Morgan fingerprint density at radius 1 is 1.17 bits per heavy atom. The molecular formula is C20H20FNO2. The molecule has 0 aromatic heterocycles.